The molecular formula is C20H19N2O5P. The highest BCUT2D eigenvalue weighted by molar-refractivity contribution is 7.50. The molecule has 0 saturated heterocycles. The normalized spacial score (nSPS) is 11.9. The minimum absolute atomic E-state index is 0.274. The average Bonchev–Trinajstić information content (AvgIpc) is 3.10. The van der Waals surface area contributed by atoms with Crippen LogP contribution in [-0.2, 0) is 10.7 Å². The first kappa shape index (κ1) is 18.5. The van der Waals surface area contributed by atoms with Gasteiger partial charge in [-0.15, -0.1) is 0 Å². The third-order valence-corrected chi connectivity index (χ3v) is 5.40. The van der Waals surface area contributed by atoms with Crippen molar-refractivity contribution in [1.82, 2.24) is 9.55 Å². The largest absolute Gasteiger partial charge is 0.493 e. The molecule has 0 saturated carbocycles. The summed E-state index contributed by atoms with van der Waals surface area (Å²) in [5.41, 5.74) is 3.22. The maximum absolute atomic E-state index is 11.2. The number of rotatable bonds is 5. The fourth-order valence-corrected chi connectivity index (χ4v) is 4.04. The maximum Gasteiger partial charge on any atom is 0.329 e. The van der Waals surface area contributed by atoms with Gasteiger partial charge in [-0.05, 0) is 29.8 Å². The number of ether oxygens (including phenoxy) is 2. The van der Waals surface area contributed by atoms with Gasteiger partial charge in [-0.2, -0.15) is 0 Å². The summed E-state index contributed by atoms with van der Waals surface area (Å²) in [6.45, 7) is 0. The van der Waals surface area contributed by atoms with Crippen LogP contribution >= 0.6 is 7.60 Å². The highest BCUT2D eigenvalue weighted by atomic mass is 31.2. The van der Waals surface area contributed by atoms with Gasteiger partial charge in [-0.1, -0.05) is 12.1 Å². The van der Waals surface area contributed by atoms with E-state index in [4.69, 9.17) is 19.3 Å². The number of hydrogen-bond acceptors (Lipinski definition) is 4. The first-order valence-electron chi connectivity index (χ1n) is 8.55. The molecule has 2 aromatic heterocycles. The molecule has 0 aliphatic heterocycles. The molecule has 2 N–H and O–H groups in total. The lowest BCUT2D eigenvalue weighted by Crippen LogP contribution is -1.96. The monoisotopic (exact) mass is 398 g/mol. The van der Waals surface area contributed by atoms with Gasteiger partial charge in [0.15, 0.2) is 11.5 Å². The minimum atomic E-state index is -4.09. The molecule has 4 aromatic rings. The zero-order valence-corrected chi connectivity index (χ0v) is 16.3. The summed E-state index contributed by atoms with van der Waals surface area (Å²) >= 11 is 0. The lowest BCUT2D eigenvalue weighted by molar-refractivity contribution is 0.356. The third kappa shape index (κ3) is 3.36. The minimum Gasteiger partial charge on any atom is -0.493 e. The van der Waals surface area contributed by atoms with E-state index in [1.165, 1.54) is 0 Å². The fraction of sp³-hybridized carbons (Fsp3) is 0.150. The molecule has 0 aliphatic rings. The van der Waals surface area contributed by atoms with Crippen LogP contribution in [0.4, 0.5) is 0 Å². The van der Waals surface area contributed by atoms with E-state index in [0.717, 1.165) is 27.5 Å². The van der Waals surface area contributed by atoms with Crippen molar-refractivity contribution in [2.24, 2.45) is 0 Å². The molecule has 0 amide bonds. The Morgan fingerprint density at radius 1 is 1.04 bits per heavy atom. The summed E-state index contributed by atoms with van der Waals surface area (Å²) in [5, 5.41) is 1.89. The van der Waals surface area contributed by atoms with E-state index in [-0.39, 0.29) is 6.16 Å². The summed E-state index contributed by atoms with van der Waals surface area (Å²) in [4.78, 5) is 22.8. The Labute approximate surface area is 161 Å². The second kappa shape index (κ2) is 6.95. The Hall–Kier alpha value is -2.86. The van der Waals surface area contributed by atoms with Gasteiger partial charge in [0.05, 0.1) is 31.4 Å². The van der Waals surface area contributed by atoms with Gasteiger partial charge in [0.1, 0.15) is 0 Å². The van der Waals surface area contributed by atoms with Crippen molar-refractivity contribution in [2.45, 2.75) is 6.16 Å². The molecule has 0 spiro atoms. The number of nitrogens with zero attached hydrogens (tertiary/aromatic N) is 2. The van der Waals surface area contributed by atoms with Crippen LogP contribution in [-0.4, -0.2) is 33.6 Å². The van der Waals surface area contributed by atoms with Crippen LogP contribution in [0.15, 0.2) is 54.9 Å². The maximum atomic E-state index is 11.2. The van der Waals surface area contributed by atoms with Crippen molar-refractivity contribution in [3.8, 4) is 17.2 Å². The first-order chi connectivity index (χ1) is 13.4. The highest BCUT2D eigenvalue weighted by Gasteiger charge is 2.15. The van der Waals surface area contributed by atoms with Gasteiger partial charge in [0.2, 0.25) is 0 Å². The number of hydrogen-bond donors (Lipinski definition) is 2. The summed E-state index contributed by atoms with van der Waals surface area (Å²) < 4.78 is 24.0. The number of methoxy groups -OCH3 is 2. The summed E-state index contributed by atoms with van der Waals surface area (Å²) in [6, 6.07) is 12.9. The molecule has 4 rings (SSSR count). The Kier molecular flexibility index (Phi) is 4.59. The van der Waals surface area contributed by atoms with Gasteiger partial charge >= 0.3 is 7.60 Å². The van der Waals surface area contributed by atoms with Crippen molar-refractivity contribution in [3.63, 3.8) is 0 Å². The van der Waals surface area contributed by atoms with Crippen LogP contribution in [0.3, 0.4) is 0 Å². The van der Waals surface area contributed by atoms with Gasteiger partial charge in [0, 0.05) is 34.9 Å². The molecule has 0 bridgehead atoms. The van der Waals surface area contributed by atoms with E-state index < -0.39 is 7.60 Å². The average molecular weight is 398 g/mol. The topological polar surface area (TPSA) is 93.8 Å². The highest BCUT2D eigenvalue weighted by Crippen LogP contribution is 2.39. The molecule has 0 aliphatic carbocycles. The zero-order chi connectivity index (χ0) is 19.9. The standard InChI is InChI=1S/C20H19N2O5P/c1-26-18-9-16-17(10-19(18)27-2)21-11-14-7-8-22(20(14)16)15-5-3-13(4-6-15)12-28(23,24)25/h3-11H,12H2,1-2H3,(H2,23,24,25). The first-order valence-corrected chi connectivity index (χ1v) is 10.3. The van der Waals surface area contributed by atoms with E-state index in [1.54, 1.807) is 26.4 Å². The predicted molar refractivity (Wildman–Crippen MR) is 107 cm³/mol. The van der Waals surface area contributed by atoms with Gasteiger partial charge in [-0.3, -0.25) is 9.55 Å². The third-order valence-electron chi connectivity index (χ3n) is 4.62. The number of pyridine rings is 1. The molecule has 0 atom stereocenters. The lowest BCUT2D eigenvalue weighted by atomic mass is 10.1. The predicted octanol–water partition coefficient (Wildman–Crippen LogP) is 3.87. The van der Waals surface area contributed by atoms with Crippen LogP contribution in [0.1, 0.15) is 5.56 Å². The molecule has 28 heavy (non-hydrogen) atoms. The molecule has 0 unspecified atom stereocenters. The molecule has 2 aromatic carbocycles. The van der Waals surface area contributed by atoms with Crippen LogP contribution in [0, 0.1) is 0 Å². The Morgan fingerprint density at radius 2 is 1.71 bits per heavy atom. The molecule has 8 heteroatoms. The van der Waals surface area contributed by atoms with E-state index in [1.807, 2.05) is 47.3 Å². The van der Waals surface area contributed by atoms with Crippen molar-refractivity contribution in [2.75, 3.05) is 14.2 Å². The number of fused-ring (bicyclic) bond motifs is 3. The number of aromatic nitrogens is 2. The van der Waals surface area contributed by atoms with Crippen LogP contribution in [0.25, 0.3) is 27.5 Å². The SMILES string of the molecule is COc1cc2ncc3ccn(-c4ccc(CP(=O)(O)O)cc4)c3c2cc1OC. The van der Waals surface area contributed by atoms with Crippen molar-refractivity contribution in [1.29, 1.82) is 0 Å². The molecule has 7 nitrogen and oxygen atoms in total. The molecule has 144 valence electrons. The molecule has 2 heterocycles. The quantitative estimate of drug-likeness (QED) is 0.496. The lowest BCUT2D eigenvalue weighted by Gasteiger charge is -2.12. The van der Waals surface area contributed by atoms with E-state index in [2.05, 4.69) is 4.98 Å². The van der Waals surface area contributed by atoms with E-state index in [0.29, 0.717) is 17.1 Å². The van der Waals surface area contributed by atoms with Crippen LogP contribution < -0.4 is 9.47 Å². The smallest absolute Gasteiger partial charge is 0.329 e. The Morgan fingerprint density at radius 3 is 2.36 bits per heavy atom. The van der Waals surface area contributed by atoms with Crippen molar-refractivity contribution >= 4 is 29.4 Å². The van der Waals surface area contributed by atoms with Gasteiger partial charge in [-0.25, -0.2) is 0 Å². The Balaban J connectivity index is 1.88. The zero-order valence-electron chi connectivity index (χ0n) is 15.4. The second-order valence-electron chi connectivity index (χ2n) is 6.46. The second-order valence-corrected chi connectivity index (χ2v) is 8.11. The van der Waals surface area contributed by atoms with E-state index in [9.17, 15) is 4.57 Å². The summed E-state index contributed by atoms with van der Waals surface area (Å²) in [5.74, 6) is 1.23. The molecule has 0 fully saturated rings. The van der Waals surface area contributed by atoms with Gasteiger partial charge < -0.3 is 23.8 Å². The van der Waals surface area contributed by atoms with Crippen molar-refractivity contribution < 1.29 is 23.8 Å². The summed E-state index contributed by atoms with van der Waals surface area (Å²) in [6.07, 6.45) is 3.48. The van der Waals surface area contributed by atoms with E-state index >= 15 is 0 Å². The fourth-order valence-electron chi connectivity index (χ4n) is 3.36. The summed E-state index contributed by atoms with van der Waals surface area (Å²) in [7, 11) is -0.912. The van der Waals surface area contributed by atoms with Crippen LogP contribution in [0.5, 0.6) is 11.5 Å². The molecular weight excluding hydrogens is 379 g/mol. The van der Waals surface area contributed by atoms with Crippen molar-refractivity contribution in [3.05, 3.63) is 60.4 Å². The Bertz CT molecular complexity index is 1210. The van der Waals surface area contributed by atoms with Crippen LogP contribution in [0.2, 0.25) is 0 Å². The van der Waals surface area contributed by atoms with Gasteiger partial charge in [0.25, 0.3) is 0 Å². The molecule has 0 radical (unpaired) electrons. The number of benzene rings is 2.